The average Bonchev–Trinajstić information content (AvgIpc) is 3.30. The topological polar surface area (TPSA) is 76.0 Å². The summed E-state index contributed by atoms with van der Waals surface area (Å²) in [5.41, 5.74) is 0.778. The van der Waals surface area contributed by atoms with Gasteiger partial charge >= 0.3 is 0 Å². The maximum Gasteiger partial charge on any atom is 0.273 e. The fourth-order valence-corrected chi connectivity index (χ4v) is 3.50. The van der Waals surface area contributed by atoms with Crippen LogP contribution in [0.5, 0.6) is 0 Å². The van der Waals surface area contributed by atoms with Crippen LogP contribution in [0, 0.1) is 0 Å². The highest BCUT2D eigenvalue weighted by Gasteiger charge is 2.48. The van der Waals surface area contributed by atoms with Gasteiger partial charge in [0, 0.05) is 44.8 Å². The van der Waals surface area contributed by atoms with Crippen molar-refractivity contribution in [3.05, 3.63) is 24.5 Å². The molecule has 1 spiro atoms. The smallest absolute Gasteiger partial charge is 0.273 e. The fourth-order valence-electron chi connectivity index (χ4n) is 3.50. The second kappa shape index (κ2) is 5.90. The van der Waals surface area contributed by atoms with Gasteiger partial charge in [0.15, 0.2) is 5.60 Å². The Bertz CT molecular complexity index is 615. The summed E-state index contributed by atoms with van der Waals surface area (Å²) in [5, 5.41) is 6.87. The van der Waals surface area contributed by atoms with E-state index in [1.54, 1.807) is 24.5 Å². The second-order valence-electron chi connectivity index (χ2n) is 6.42. The first kappa shape index (κ1) is 14.6. The number of amides is 1. The lowest BCUT2D eigenvalue weighted by Gasteiger charge is -2.25. The third-order valence-corrected chi connectivity index (χ3v) is 4.79. The van der Waals surface area contributed by atoms with Crippen molar-refractivity contribution in [3.63, 3.8) is 0 Å². The second-order valence-corrected chi connectivity index (χ2v) is 6.42. The Balaban J connectivity index is 1.36. The van der Waals surface area contributed by atoms with Crippen molar-refractivity contribution in [2.45, 2.75) is 30.9 Å². The average molecular weight is 316 g/mol. The maximum atomic E-state index is 12.3. The molecule has 7 nitrogen and oxygen atoms in total. The van der Waals surface area contributed by atoms with E-state index < -0.39 is 0 Å². The molecule has 1 amide bonds. The summed E-state index contributed by atoms with van der Waals surface area (Å²) in [7, 11) is 0. The molecule has 2 atom stereocenters. The van der Waals surface area contributed by atoms with Gasteiger partial charge in [-0.15, -0.1) is 0 Å². The van der Waals surface area contributed by atoms with Gasteiger partial charge in [0.25, 0.3) is 5.91 Å². The Morgan fingerprint density at radius 1 is 1.48 bits per heavy atom. The number of rotatable bonds is 3. The van der Waals surface area contributed by atoms with Crippen LogP contribution < -0.4 is 5.32 Å². The Kier molecular flexibility index (Phi) is 3.74. The summed E-state index contributed by atoms with van der Waals surface area (Å²) < 4.78 is 5.47. The van der Waals surface area contributed by atoms with Crippen molar-refractivity contribution >= 4 is 17.3 Å². The monoisotopic (exact) mass is 316 g/mol. The molecule has 0 unspecified atom stereocenters. The minimum atomic E-state index is -0.343. The van der Waals surface area contributed by atoms with Crippen molar-refractivity contribution in [2.24, 2.45) is 5.16 Å². The number of hydrogen-bond acceptors (Lipinski definition) is 6. The van der Waals surface area contributed by atoms with Gasteiger partial charge in [0.2, 0.25) is 0 Å². The molecule has 4 rings (SSSR count). The van der Waals surface area contributed by atoms with Crippen LogP contribution in [-0.4, -0.2) is 59.4 Å². The molecule has 0 bridgehead atoms. The molecule has 2 saturated heterocycles. The SMILES string of the molecule is O=C(Nc1cccnc1)C1=NO[C@]2(CCN([C@H]3CCOC3)C2)C1. The first-order chi connectivity index (χ1) is 11.2. The molecule has 3 aliphatic heterocycles. The van der Waals surface area contributed by atoms with E-state index in [0.717, 1.165) is 39.1 Å². The first-order valence-electron chi connectivity index (χ1n) is 8.02. The quantitative estimate of drug-likeness (QED) is 0.901. The van der Waals surface area contributed by atoms with Crippen molar-refractivity contribution in [3.8, 4) is 0 Å². The van der Waals surface area contributed by atoms with E-state index in [4.69, 9.17) is 9.57 Å². The summed E-state index contributed by atoms with van der Waals surface area (Å²) >= 11 is 0. The van der Waals surface area contributed by atoms with E-state index in [9.17, 15) is 4.79 Å². The maximum absolute atomic E-state index is 12.3. The van der Waals surface area contributed by atoms with Gasteiger partial charge in [-0.3, -0.25) is 14.7 Å². The number of ether oxygens (including phenoxy) is 1. The van der Waals surface area contributed by atoms with Gasteiger partial charge in [-0.05, 0) is 18.6 Å². The lowest BCUT2D eigenvalue weighted by molar-refractivity contribution is -0.110. The molecule has 3 aliphatic rings. The molecule has 0 aliphatic carbocycles. The lowest BCUT2D eigenvalue weighted by Crippen LogP contribution is -2.39. The molecule has 1 N–H and O–H groups in total. The molecular formula is C16H20N4O3. The molecule has 0 aromatic carbocycles. The summed E-state index contributed by atoms with van der Waals surface area (Å²) in [5.74, 6) is -0.211. The molecule has 0 radical (unpaired) electrons. The number of likely N-dealkylation sites (tertiary alicyclic amines) is 1. The molecule has 0 saturated carbocycles. The van der Waals surface area contributed by atoms with Gasteiger partial charge in [0.1, 0.15) is 5.71 Å². The number of oxime groups is 1. The largest absolute Gasteiger partial charge is 0.387 e. The molecular weight excluding hydrogens is 296 g/mol. The van der Waals surface area contributed by atoms with E-state index in [2.05, 4.69) is 20.4 Å². The van der Waals surface area contributed by atoms with Crippen molar-refractivity contribution < 1.29 is 14.4 Å². The molecule has 23 heavy (non-hydrogen) atoms. The van der Waals surface area contributed by atoms with Gasteiger partial charge in [0.05, 0.1) is 18.5 Å². The summed E-state index contributed by atoms with van der Waals surface area (Å²) in [6.45, 7) is 3.42. The number of carbonyl (C=O) groups is 1. The van der Waals surface area contributed by atoms with Crippen LogP contribution in [0.3, 0.4) is 0 Å². The van der Waals surface area contributed by atoms with Crippen LogP contribution in [0.25, 0.3) is 0 Å². The van der Waals surface area contributed by atoms with Crippen LogP contribution in [0.15, 0.2) is 29.7 Å². The zero-order valence-electron chi connectivity index (χ0n) is 12.9. The summed E-state index contributed by atoms with van der Waals surface area (Å²) in [4.78, 5) is 24.4. The van der Waals surface area contributed by atoms with Crippen LogP contribution >= 0.6 is 0 Å². The number of nitrogens with zero attached hydrogens (tertiary/aromatic N) is 3. The van der Waals surface area contributed by atoms with Gasteiger partial charge in [-0.25, -0.2) is 0 Å². The predicted molar refractivity (Wildman–Crippen MR) is 84.1 cm³/mol. The molecule has 1 aromatic heterocycles. The van der Waals surface area contributed by atoms with E-state index in [1.807, 2.05) is 0 Å². The van der Waals surface area contributed by atoms with Crippen molar-refractivity contribution in [2.75, 3.05) is 31.6 Å². The Morgan fingerprint density at radius 3 is 3.22 bits per heavy atom. The number of anilines is 1. The van der Waals surface area contributed by atoms with E-state index in [1.165, 1.54) is 0 Å². The Morgan fingerprint density at radius 2 is 2.43 bits per heavy atom. The number of hydrogen-bond donors (Lipinski definition) is 1. The standard InChI is InChI=1S/C16H20N4O3/c21-15(18-12-2-1-5-17-9-12)14-8-16(23-19-14)4-6-20(11-16)13-3-7-22-10-13/h1-2,5,9,13H,3-4,6-8,10-11H2,(H,18,21)/t13-,16+/m0/s1. The molecule has 4 heterocycles. The van der Waals surface area contributed by atoms with E-state index in [0.29, 0.717) is 23.9 Å². The normalized spacial score (nSPS) is 30.4. The minimum Gasteiger partial charge on any atom is -0.387 e. The number of nitrogens with one attached hydrogen (secondary N) is 1. The van der Waals surface area contributed by atoms with Crippen molar-refractivity contribution in [1.29, 1.82) is 0 Å². The zero-order valence-corrected chi connectivity index (χ0v) is 12.9. The Labute approximate surface area is 134 Å². The van der Waals surface area contributed by atoms with Crippen LogP contribution in [-0.2, 0) is 14.4 Å². The highest BCUT2D eigenvalue weighted by Crippen LogP contribution is 2.35. The third kappa shape index (κ3) is 2.94. The van der Waals surface area contributed by atoms with Crippen LogP contribution in [0.4, 0.5) is 5.69 Å². The number of aromatic nitrogens is 1. The molecule has 2 fully saturated rings. The van der Waals surface area contributed by atoms with Crippen LogP contribution in [0.2, 0.25) is 0 Å². The lowest BCUT2D eigenvalue weighted by atomic mass is 9.96. The molecule has 1 aromatic rings. The predicted octanol–water partition coefficient (Wildman–Crippen LogP) is 1.03. The number of carbonyl (C=O) groups excluding carboxylic acids is 1. The van der Waals surface area contributed by atoms with Gasteiger partial charge in [-0.1, -0.05) is 5.16 Å². The summed E-state index contributed by atoms with van der Waals surface area (Å²) in [6.07, 6.45) is 5.81. The molecule has 122 valence electrons. The minimum absolute atomic E-state index is 0.211. The number of pyridine rings is 1. The Hall–Kier alpha value is -1.99. The van der Waals surface area contributed by atoms with Crippen molar-refractivity contribution in [1.82, 2.24) is 9.88 Å². The first-order valence-corrected chi connectivity index (χ1v) is 8.02. The van der Waals surface area contributed by atoms with Gasteiger partial charge in [-0.2, -0.15) is 0 Å². The van der Waals surface area contributed by atoms with E-state index in [-0.39, 0.29) is 11.5 Å². The summed E-state index contributed by atoms with van der Waals surface area (Å²) in [6, 6.07) is 4.06. The molecule has 7 heteroatoms. The third-order valence-electron chi connectivity index (χ3n) is 4.79. The fraction of sp³-hybridized carbons (Fsp3) is 0.562. The highest BCUT2D eigenvalue weighted by molar-refractivity contribution is 6.43. The zero-order chi connectivity index (χ0) is 15.7. The van der Waals surface area contributed by atoms with Crippen LogP contribution in [0.1, 0.15) is 19.3 Å². The highest BCUT2D eigenvalue weighted by atomic mass is 16.7. The van der Waals surface area contributed by atoms with Gasteiger partial charge < -0.3 is 14.9 Å². The van der Waals surface area contributed by atoms with E-state index >= 15 is 0 Å².